The van der Waals surface area contributed by atoms with Crippen LogP contribution < -0.4 is 4.74 Å². The van der Waals surface area contributed by atoms with Gasteiger partial charge < -0.3 is 9.84 Å². The Kier molecular flexibility index (Phi) is 5.64. The number of ketones is 1. The van der Waals surface area contributed by atoms with E-state index >= 15 is 0 Å². The molecule has 1 N–H and O–H groups in total. The molecule has 1 aromatic carbocycles. The van der Waals surface area contributed by atoms with E-state index in [1.165, 1.54) is 6.08 Å². The van der Waals surface area contributed by atoms with E-state index in [1.54, 1.807) is 6.08 Å². The highest BCUT2D eigenvalue weighted by Gasteiger charge is 2.03. The number of allylic oxidation sites excluding steroid dienone is 1. The molecule has 0 saturated heterocycles. The number of rotatable bonds is 7. The van der Waals surface area contributed by atoms with Gasteiger partial charge in [0, 0.05) is 12.0 Å². The fourth-order valence-corrected chi connectivity index (χ4v) is 1.40. The molecule has 1 rings (SSSR count). The second-order valence-corrected chi connectivity index (χ2v) is 3.66. The monoisotopic (exact) mass is 248 g/mol. The first-order valence-corrected chi connectivity index (χ1v) is 5.78. The van der Waals surface area contributed by atoms with E-state index < -0.39 is 5.97 Å². The van der Waals surface area contributed by atoms with Gasteiger partial charge in [-0.25, -0.2) is 0 Å². The maximum atomic E-state index is 11.4. The molecule has 0 heterocycles. The summed E-state index contributed by atoms with van der Waals surface area (Å²) >= 11 is 0. The van der Waals surface area contributed by atoms with Crippen LogP contribution in [0.1, 0.15) is 25.3 Å². The van der Waals surface area contributed by atoms with Crippen LogP contribution in [-0.4, -0.2) is 23.5 Å². The van der Waals surface area contributed by atoms with Gasteiger partial charge in [0.05, 0.1) is 13.0 Å². The van der Waals surface area contributed by atoms with Crippen molar-refractivity contribution in [2.75, 3.05) is 6.61 Å². The fourth-order valence-electron chi connectivity index (χ4n) is 1.40. The smallest absolute Gasteiger partial charge is 0.303 e. The van der Waals surface area contributed by atoms with Crippen LogP contribution in [0.2, 0.25) is 0 Å². The lowest BCUT2D eigenvalue weighted by atomic mass is 10.1. The van der Waals surface area contributed by atoms with E-state index in [1.807, 2.05) is 31.2 Å². The molecule has 0 atom stereocenters. The molecule has 4 heteroatoms. The maximum absolute atomic E-state index is 11.4. The summed E-state index contributed by atoms with van der Waals surface area (Å²) < 4.78 is 5.41. The Morgan fingerprint density at radius 3 is 2.67 bits per heavy atom. The number of aliphatic carboxylic acids is 1. The van der Waals surface area contributed by atoms with Gasteiger partial charge in [-0.3, -0.25) is 9.59 Å². The van der Waals surface area contributed by atoms with Crippen LogP contribution in [0, 0.1) is 0 Å². The summed E-state index contributed by atoms with van der Waals surface area (Å²) in [6.45, 7) is 2.44. The summed E-state index contributed by atoms with van der Waals surface area (Å²) in [7, 11) is 0. The summed E-state index contributed by atoms with van der Waals surface area (Å²) in [6, 6.07) is 7.37. The molecular formula is C14H16O4. The molecule has 0 aromatic heterocycles. The third-order valence-electron chi connectivity index (χ3n) is 2.25. The molecule has 0 aliphatic rings. The summed E-state index contributed by atoms with van der Waals surface area (Å²) in [5.41, 5.74) is 0.808. The van der Waals surface area contributed by atoms with Crippen LogP contribution >= 0.6 is 0 Å². The van der Waals surface area contributed by atoms with Crippen molar-refractivity contribution in [3.05, 3.63) is 35.9 Å². The van der Waals surface area contributed by atoms with E-state index in [0.717, 1.165) is 5.56 Å². The number of hydrogen-bond acceptors (Lipinski definition) is 3. The zero-order valence-electron chi connectivity index (χ0n) is 10.3. The molecule has 0 aliphatic carbocycles. The van der Waals surface area contributed by atoms with Crippen LogP contribution in [0.25, 0.3) is 6.08 Å². The van der Waals surface area contributed by atoms with Gasteiger partial charge >= 0.3 is 5.97 Å². The minimum Gasteiger partial charge on any atom is -0.493 e. The first kappa shape index (κ1) is 14.0. The zero-order chi connectivity index (χ0) is 13.4. The highest BCUT2D eigenvalue weighted by molar-refractivity contribution is 5.95. The Balaban J connectivity index is 2.65. The van der Waals surface area contributed by atoms with Gasteiger partial charge in [0.1, 0.15) is 5.75 Å². The quantitative estimate of drug-likeness (QED) is 0.753. The first-order chi connectivity index (χ1) is 8.63. The maximum Gasteiger partial charge on any atom is 0.303 e. The molecule has 0 fully saturated rings. The van der Waals surface area contributed by atoms with Crippen LogP contribution in [0.5, 0.6) is 5.75 Å². The Hall–Kier alpha value is -2.10. The minimum absolute atomic E-state index is 0.0165. The lowest BCUT2D eigenvalue weighted by Gasteiger charge is -2.05. The molecule has 0 saturated carbocycles. The van der Waals surface area contributed by atoms with Crippen molar-refractivity contribution < 1.29 is 19.4 Å². The molecule has 1 aromatic rings. The van der Waals surface area contributed by atoms with Crippen LogP contribution in [0.4, 0.5) is 0 Å². The fraction of sp³-hybridized carbons (Fsp3) is 0.286. The summed E-state index contributed by atoms with van der Waals surface area (Å²) in [6.07, 6.45) is 2.91. The molecular weight excluding hydrogens is 232 g/mol. The predicted molar refractivity (Wildman–Crippen MR) is 68.5 cm³/mol. The standard InChI is InChI=1S/C14H16O4/c1-2-18-13-6-4-3-5-11(13)7-8-12(15)9-10-14(16)17/h3-8H,2,9-10H2,1H3,(H,16,17). The largest absolute Gasteiger partial charge is 0.493 e. The van der Waals surface area contributed by atoms with Gasteiger partial charge in [0.15, 0.2) is 5.78 Å². The van der Waals surface area contributed by atoms with Gasteiger partial charge in [0.25, 0.3) is 0 Å². The number of carbonyl (C=O) groups is 2. The van der Waals surface area contributed by atoms with Gasteiger partial charge in [0.2, 0.25) is 0 Å². The molecule has 0 unspecified atom stereocenters. The molecule has 96 valence electrons. The molecule has 0 bridgehead atoms. The lowest BCUT2D eigenvalue weighted by Crippen LogP contribution is -2.00. The zero-order valence-corrected chi connectivity index (χ0v) is 10.3. The molecule has 4 nitrogen and oxygen atoms in total. The first-order valence-electron chi connectivity index (χ1n) is 5.78. The third kappa shape index (κ3) is 4.82. The second-order valence-electron chi connectivity index (χ2n) is 3.66. The van der Waals surface area contributed by atoms with Gasteiger partial charge in [-0.2, -0.15) is 0 Å². The van der Waals surface area contributed by atoms with E-state index in [2.05, 4.69) is 0 Å². The number of carbonyl (C=O) groups excluding carboxylic acids is 1. The normalized spacial score (nSPS) is 10.5. The lowest BCUT2D eigenvalue weighted by molar-refractivity contribution is -0.138. The molecule has 18 heavy (non-hydrogen) atoms. The molecule has 0 amide bonds. The van der Waals surface area contributed by atoms with E-state index in [-0.39, 0.29) is 18.6 Å². The summed E-state index contributed by atoms with van der Waals surface area (Å²) in [5, 5.41) is 8.47. The average molecular weight is 248 g/mol. The Morgan fingerprint density at radius 1 is 1.28 bits per heavy atom. The topological polar surface area (TPSA) is 63.6 Å². The predicted octanol–water partition coefficient (Wildman–Crippen LogP) is 2.53. The van der Waals surface area contributed by atoms with Crippen LogP contribution in [0.3, 0.4) is 0 Å². The van der Waals surface area contributed by atoms with E-state index in [0.29, 0.717) is 12.4 Å². The average Bonchev–Trinajstić information content (AvgIpc) is 2.35. The van der Waals surface area contributed by atoms with Crippen molar-refractivity contribution in [1.82, 2.24) is 0 Å². The molecule has 0 radical (unpaired) electrons. The number of ether oxygens (including phenoxy) is 1. The van der Waals surface area contributed by atoms with Crippen molar-refractivity contribution in [2.24, 2.45) is 0 Å². The Bertz CT molecular complexity index is 449. The second kappa shape index (κ2) is 7.27. The van der Waals surface area contributed by atoms with Crippen molar-refractivity contribution in [3.63, 3.8) is 0 Å². The minimum atomic E-state index is -0.966. The van der Waals surface area contributed by atoms with Gasteiger partial charge in [-0.1, -0.05) is 18.2 Å². The van der Waals surface area contributed by atoms with Crippen molar-refractivity contribution >= 4 is 17.8 Å². The Morgan fingerprint density at radius 2 is 2.00 bits per heavy atom. The highest BCUT2D eigenvalue weighted by Crippen LogP contribution is 2.19. The molecule has 0 spiro atoms. The van der Waals surface area contributed by atoms with E-state index in [9.17, 15) is 9.59 Å². The van der Waals surface area contributed by atoms with Crippen molar-refractivity contribution in [2.45, 2.75) is 19.8 Å². The molecule has 0 aliphatic heterocycles. The Labute approximate surface area is 106 Å². The number of hydrogen-bond donors (Lipinski definition) is 1. The van der Waals surface area contributed by atoms with Crippen molar-refractivity contribution in [3.8, 4) is 5.75 Å². The third-order valence-corrected chi connectivity index (χ3v) is 2.25. The number of carboxylic acid groups (broad SMARTS) is 1. The number of carboxylic acids is 1. The van der Waals surface area contributed by atoms with Crippen LogP contribution in [0.15, 0.2) is 30.3 Å². The number of benzene rings is 1. The summed E-state index contributed by atoms with van der Waals surface area (Å²) in [4.78, 5) is 21.7. The highest BCUT2D eigenvalue weighted by atomic mass is 16.5. The van der Waals surface area contributed by atoms with Gasteiger partial charge in [-0.05, 0) is 25.1 Å². The van der Waals surface area contributed by atoms with E-state index in [4.69, 9.17) is 9.84 Å². The van der Waals surface area contributed by atoms with Crippen molar-refractivity contribution in [1.29, 1.82) is 0 Å². The number of para-hydroxylation sites is 1. The SMILES string of the molecule is CCOc1ccccc1C=CC(=O)CCC(=O)O. The van der Waals surface area contributed by atoms with Gasteiger partial charge in [-0.15, -0.1) is 0 Å². The van der Waals surface area contributed by atoms with Crippen LogP contribution in [-0.2, 0) is 9.59 Å². The summed E-state index contributed by atoms with van der Waals surface area (Å²) in [5.74, 6) is -0.461.